The first-order valence-corrected chi connectivity index (χ1v) is 11.2. The summed E-state index contributed by atoms with van der Waals surface area (Å²) in [6.45, 7) is 10.1. The van der Waals surface area contributed by atoms with Gasteiger partial charge in [-0.3, -0.25) is 14.4 Å². The normalized spacial score (nSPS) is 24.9. The number of hydrogen-bond acceptors (Lipinski definition) is 4. The van der Waals surface area contributed by atoms with Gasteiger partial charge < -0.3 is 10.1 Å². The van der Waals surface area contributed by atoms with Gasteiger partial charge in [-0.2, -0.15) is 5.10 Å². The molecule has 2 saturated heterocycles. The van der Waals surface area contributed by atoms with E-state index in [4.69, 9.17) is 9.84 Å². The molecular formula is C23H34N4O2. The summed E-state index contributed by atoms with van der Waals surface area (Å²) >= 11 is 0. The van der Waals surface area contributed by atoms with Crippen LogP contribution in [0.4, 0.5) is 0 Å². The molecule has 3 atom stereocenters. The van der Waals surface area contributed by atoms with Crippen LogP contribution in [0.25, 0.3) is 10.9 Å². The Kier molecular flexibility index (Phi) is 6.20. The molecule has 4 rings (SSSR count). The van der Waals surface area contributed by atoms with Crippen molar-refractivity contribution in [3.05, 3.63) is 30.0 Å². The number of unbranched alkanes of at least 4 members (excludes halogenated alkanes) is 1. The summed E-state index contributed by atoms with van der Waals surface area (Å²) in [6.07, 6.45) is 4.35. The minimum Gasteiger partial charge on any atom is -0.378 e. The molecule has 2 aliphatic rings. The number of carbonyl (C=O) groups is 1. The van der Waals surface area contributed by atoms with Gasteiger partial charge in [-0.25, -0.2) is 0 Å². The lowest BCUT2D eigenvalue weighted by Gasteiger charge is -2.48. The summed E-state index contributed by atoms with van der Waals surface area (Å²) in [6, 6.07) is 9.06. The highest BCUT2D eigenvalue weighted by Crippen LogP contribution is 2.29. The van der Waals surface area contributed by atoms with E-state index in [1.807, 2.05) is 22.9 Å². The summed E-state index contributed by atoms with van der Waals surface area (Å²) in [5, 5.41) is 8.93. The van der Waals surface area contributed by atoms with Gasteiger partial charge in [-0.15, -0.1) is 0 Å². The number of aromatic nitrogens is 2. The van der Waals surface area contributed by atoms with Crippen LogP contribution < -0.4 is 5.32 Å². The second kappa shape index (κ2) is 8.84. The number of fused-ring (bicyclic) bond motifs is 3. The highest BCUT2D eigenvalue weighted by Gasteiger charge is 2.39. The van der Waals surface area contributed by atoms with E-state index in [0.29, 0.717) is 23.7 Å². The standard InChI is InChI=1S/C23H34N4O2/c1-4-5-10-26-18-11-17(12-19(26)15-29-14-18)24-23(28)22-20-8-6-7-9-21(20)27(25-22)13-16(2)3/h6-9,16-19H,4-5,10-15H2,1-3H3,(H,24,28)/t17?,18-,19+. The molecule has 1 aromatic heterocycles. The maximum absolute atomic E-state index is 13.2. The number of nitrogens with zero attached hydrogens (tertiary/aromatic N) is 3. The lowest BCUT2D eigenvalue weighted by molar-refractivity contribution is -0.0802. The molecule has 1 unspecified atom stereocenters. The third-order valence-corrected chi connectivity index (χ3v) is 6.19. The van der Waals surface area contributed by atoms with Gasteiger partial charge in [0.15, 0.2) is 5.69 Å². The lowest BCUT2D eigenvalue weighted by atomic mass is 9.89. The van der Waals surface area contributed by atoms with Crippen LogP contribution in [-0.2, 0) is 11.3 Å². The molecule has 2 fully saturated rings. The summed E-state index contributed by atoms with van der Waals surface area (Å²) in [5.74, 6) is 0.427. The van der Waals surface area contributed by atoms with E-state index in [9.17, 15) is 4.79 Å². The van der Waals surface area contributed by atoms with Gasteiger partial charge in [0.1, 0.15) is 0 Å². The van der Waals surface area contributed by atoms with Crippen molar-refractivity contribution in [3.8, 4) is 0 Å². The molecule has 0 aliphatic carbocycles. The zero-order valence-corrected chi connectivity index (χ0v) is 17.9. The number of morpholine rings is 1. The number of para-hydroxylation sites is 1. The number of benzene rings is 1. The Morgan fingerprint density at radius 3 is 2.66 bits per heavy atom. The number of nitrogens with one attached hydrogen (secondary N) is 1. The summed E-state index contributed by atoms with van der Waals surface area (Å²) in [7, 11) is 0. The van der Waals surface area contributed by atoms with E-state index in [1.165, 1.54) is 12.8 Å². The van der Waals surface area contributed by atoms with Crippen molar-refractivity contribution < 1.29 is 9.53 Å². The van der Waals surface area contributed by atoms with Gasteiger partial charge >= 0.3 is 0 Å². The molecular weight excluding hydrogens is 364 g/mol. The van der Waals surface area contributed by atoms with Crippen molar-refractivity contribution in [2.75, 3.05) is 19.8 Å². The average molecular weight is 399 g/mol. The van der Waals surface area contributed by atoms with Crippen molar-refractivity contribution >= 4 is 16.8 Å². The van der Waals surface area contributed by atoms with Gasteiger partial charge in [-0.05, 0) is 37.8 Å². The van der Waals surface area contributed by atoms with E-state index in [1.54, 1.807) is 0 Å². The SMILES string of the molecule is CCCCN1[C@@H]2COC[C@H]1CC(NC(=O)c1nn(CC(C)C)c3ccccc13)C2. The van der Waals surface area contributed by atoms with Crippen LogP contribution in [0, 0.1) is 5.92 Å². The number of piperidine rings is 1. The zero-order valence-electron chi connectivity index (χ0n) is 17.9. The number of rotatable bonds is 7. The predicted molar refractivity (Wildman–Crippen MR) is 115 cm³/mol. The summed E-state index contributed by atoms with van der Waals surface area (Å²) < 4.78 is 7.79. The summed E-state index contributed by atoms with van der Waals surface area (Å²) in [4.78, 5) is 15.8. The molecule has 29 heavy (non-hydrogen) atoms. The topological polar surface area (TPSA) is 59.4 Å². The Labute approximate surface area is 173 Å². The van der Waals surface area contributed by atoms with Crippen molar-refractivity contribution in [1.29, 1.82) is 0 Å². The van der Waals surface area contributed by atoms with Gasteiger partial charge in [-0.1, -0.05) is 45.4 Å². The van der Waals surface area contributed by atoms with Crippen LogP contribution in [0.5, 0.6) is 0 Å². The summed E-state index contributed by atoms with van der Waals surface area (Å²) in [5.41, 5.74) is 1.59. The number of hydrogen-bond donors (Lipinski definition) is 1. The van der Waals surface area contributed by atoms with Crippen LogP contribution in [0.3, 0.4) is 0 Å². The van der Waals surface area contributed by atoms with Gasteiger partial charge in [0.2, 0.25) is 0 Å². The van der Waals surface area contributed by atoms with E-state index >= 15 is 0 Å². The van der Waals surface area contributed by atoms with E-state index in [-0.39, 0.29) is 11.9 Å². The molecule has 1 aromatic carbocycles. The van der Waals surface area contributed by atoms with Gasteiger partial charge in [0, 0.05) is 30.1 Å². The predicted octanol–water partition coefficient (Wildman–Crippen LogP) is 3.45. The van der Waals surface area contributed by atoms with Gasteiger partial charge in [0.25, 0.3) is 5.91 Å². The molecule has 0 spiro atoms. The molecule has 2 aromatic rings. The Bertz CT molecular complexity index is 833. The highest BCUT2D eigenvalue weighted by molar-refractivity contribution is 6.05. The molecule has 6 nitrogen and oxygen atoms in total. The molecule has 2 bridgehead atoms. The third-order valence-electron chi connectivity index (χ3n) is 6.19. The van der Waals surface area contributed by atoms with Crippen LogP contribution in [0.2, 0.25) is 0 Å². The van der Waals surface area contributed by atoms with E-state index < -0.39 is 0 Å². The third kappa shape index (κ3) is 4.33. The van der Waals surface area contributed by atoms with Crippen molar-refractivity contribution in [1.82, 2.24) is 20.0 Å². The maximum Gasteiger partial charge on any atom is 0.272 e. The van der Waals surface area contributed by atoms with Gasteiger partial charge in [0.05, 0.1) is 18.7 Å². The van der Waals surface area contributed by atoms with Crippen LogP contribution in [-0.4, -0.2) is 58.5 Å². The van der Waals surface area contributed by atoms with Crippen LogP contribution in [0.15, 0.2) is 24.3 Å². The Hall–Kier alpha value is -1.92. The minimum atomic E-state index is -0.0466. The first-order chi connectivity index (χ1) is 14.1. The number of amides is 1. The second-order valence-corrected chi connectivity index (χ2v) is 9.02. The number of carbonyl (C=O) groups excluding carboxylic acids is 1. The largest absolute Gasteiger partial charge is 0.378 e. The Balaban J connectivity index is 1.49. The first-order valence-electron chi connectivity index (χ1n) is 11.2. The second-order valence-electron chi connectivity index (χ2n) is 9.02. The van der Waals surface area contributed by atoms with Crippen LogP contribution in [0.1, 0.15) is 56.9 Å². The fourth-order valence-corrected chi connectivity index (χ4v) is 4.85. The molecule has 6 heteroatoms. The highest BCUT2D eigenvalue weighted by atomic mass is 16.5. The van der Waals surface area contributed by atoms with Crippen molar-refractivity contribution in [2.24, 2.45) is 5.92 Å². The number of ether oxygens (including phenoxy) is 1. The molecule has 0 saturated carbocycles. The quantitative estimate of drug-likeness (QED) is 0.776. The fraction of sp³-hybridized carbons (Fsp3) is 0.652. The Morgan fingerprint density at radius 2 is 1.97 bits per heavy atom. The molecule has 2 aliphatic heterocycles. The minimum absolute atomic E-state index is 0.0466. The maximum atomic E-state index is 13.2. The average Bonchev–Trinajstić information content (AvgIpc) is 3.04. The zero-order chi connectivity index (χ0) is 20.4. The molecule has 1 amide bonds. The molecule has 0 radical (unpaired) electrons. The Morgan fingerprint density at radius 1 is 1.24 bits per heavy atom. The van der Waals surface area contributed by atoms with E-state index in [2.05, 4.69) is 37.1 Å². The fourth-order valence-electron chi connectivity index (χ4n) is 4.85. The van der Waals surface area contributed by atoms with Crippen molar-refractivity contribution in [3.63, 3.8) is 0 Å². The lowest BCUT2D eigenvalue weighted by Crippen LogP contribution is -2.60. The first kappa shape index (κ1) is 20.4. The molecule has 1 N–H and O–H groups in total. The molecule has 3 heterocycles. The van der Waals surface area contributed by atoms with E-state index in [0.717, 1.165) is 50.0 Å². The van der Waals surface area contributed by atoms with Crippen LogP contribution >= 0.6 is 0 Å². The molecule has 158 valence electrons. The smallest absolute Gasteiger partial charge is 0.272 e. The van der Waals surface area contributed by atoms with Crippen molar-refractivity contribution in [2.45, 2.75) is 71.1 Å². The monoisotopic (exact) mass is 398 g/mol.